The van der Waals surface area contributed by atoms with Crippen molar-refractivity contribution in [3.05, 3.63) is 24.3 Å². The van der Waals surface area contributed by atoms with Crippen LogP contribution in [-0.4, -0.2) is 11.7 Å². The highest BCUT2D eigenvalue weighted by molar-refractivity contribution is 5.45. The summed E-state index contributed by atoms with van der Waals surface area (Å²) >= 11 is 0. The third-order valence-corrected chi connectivity index (χ3v) is 1.45. The fraction of sp³-hybridized carbons (Fsp3) is 0.333. The third-order valence-electron chi connectivity index (χ3n) is 1.45. The van der Waals surface area contributed by atoms with Crippen LogP contribution in [0.1, 0.15) is 13.3 Å². The summed E-state index contributed by atoms with van der Waals surface area (Å²) in [5.41, 5.74) is 1.06. The third kappa shape index (κ3) is 2.50. The molecule has 11 heavy (non-hydrogen) atoms. The molecule has 0 saturated carbocycles. The zero-order valence-electron chi connectivity index (χ0n) is 6.67. The molecule has 2 N–H and O–H groups in total. The summed E-state index contributed by atoms with van der Waals surface area (Å²) in [5.74, 6) is 0.312. The van der Waals surface area contributed by atoms with E-state index in [1.54, 1.807) is 12.1 Å². The standard InChI is InChI=1S/C9H13NO/c1-2-7-10-8-3-5-9(11)6-4-8/h3-6,10-11H,2,7H2,1H3. The Morgan fingerprint density at radius 1 is 1.27 bits per heavy atom. The number of phenols is 1. The minimum absolute atomic E-state index is 0.312. The molecule has 0 heterocycles. The molecule has 0 aromatic heterocycles. The predicted octanol–water partition coefficient (Wildman–Crippen LogP) is 2.21. The molecule has 2 heteroatoms. The van der Waals surface area contributed by atoms with Gasteiger partial charge in [0.2, 0.25) is 0 Å². The summed E-state index contributed by atoms with van der Waals surface area (Å²) in [6.07, 6.45) is 1.11. The molecule has 0 spiro atoms. The number of aromatic hydroxyl groups is 1. The first kappa shape index (κ1) is 7.92. The Hall–Kier alpha value is -1.18. The van der Waals surface area contributed by atoms with Crippen LogP contribution in [0.25, 0.3) is 0 Å². The van der Waals surface area contributed by atoms with E-state index in [0.717, 1.165) is 18.7 Å². The first-order valence-corrected chi connectivity index (χ1v) is 3.86. The van der Waals surface area contributed by atoms with Crippen molar-refractivity contribution in [1.82, 2.24) is 0 Å². The molecule has 0 aliphatic heterocycles. The van der Waals surface area contributed by atoms with Crippen LogP contribution >= 0.6 is 0 Å². The van der Waals surface area contributed by atoms with Gasteiger partial charge in [-0.2, -0.15) is 0 Å². The number of phenolic OH excluding ortho intramolecular Hbond substituents is 1. The van der Waals surface area contributed by atoms with Gasteiger partial charge in [-0.25, -0.2) is 0 Å². The molecule has 2 nitrogen and oxygen atoms in total. The summed E-state index contributed by atoms with van der Waals surface area (Å²) in [7, 11) is 0. The number of benzene rings is 1. The molecular weight excluding hydrogens is 138 g/mol. The average Bonchev–Trinajstić information content (AvgIpc) is 2.04. The highest BCUT2D eigenvalue weighted by Crippen LogP contribution is 2.13. The lowest BCUT2D eigenvalue weighted by atomic mass is 10.3. The topological polar surface area (TPSA) is 32.3 Å². The van der Waals surface area contributed by atoms with Crippen LogP contribution in [0.4, 0.5) is 5.69 Å². The highest BCUT2D eigenvalue weighted by atomic mass is 16.3. The molecule has 0 radical (unpaired) electrons. The molecule has 0 bridgehead atoms. The van der Waals surface area contributed by atoms with Gasteiger partial charge < -0.3 is 10.4 Å². The molecule has 1 aromatic rings. The second kappa shape index (κ2) is 3.86. The number of anilines is 1. The largest absolute Gasteiger partial charge is 0.508 e. The number of rotatable bonds is 3. The molecule has 0 unspecified atom stereocenters. The number of hydrogen-bond donors (Lipinski definition) is 2. The Labute approximate surface area is 66.9 Å². The van der Waals surface area contributed by atoms with E-state index in [9.17, 15) is 0 Å². The summed E-state index contributed by atoms with van der Waals surface area (Å²) in [6.45, 7) is 3.10. The Balaban J connectivity index is 2.52. The molecule has 0 saturated heterocycles. The minimum Gasteiger partial charge on any atom is -0.508 e. The lowest BCUT2D eigenvalue weighted by Gasteiger charge is -2.03. The summed E-state index contributed by atoms with van der Waals surface area (Å²) in [6, 6.07) is 7.09. The maximum atomic E-state index is 8.95. The zero-order valence-corrected chi connectivity index (χ0v) is 6.67. The maximum absolute atomic E-state index is 8.95. The monoisotopic (exact) mass is 151 g/mol. The fourth-order valence-corrected chi connectivity index (χ4v) is 0.849. The van der Waals surface area contributed by atoms with E-state index in [1.807, 2.05) is 12.1 Å². The van der Waals surface area contributed by atoms with Gasteiger partial charge in [-0.15, -0.1) is 0 Å². The second-order valence-corrected chi connectivity index (χ2v) is 2.47. The molecule has 0 atom stereocenters. The summed E-state index contributed by atoms with van der Waals surface area (Å²) in [4.78, 5) is 0. The van der Waals surface area contributed by atoms with Gasteiger partial charge in [0.15, 0.2) is 0 Å². The first-order valence-electron chi connectivity index (χ1n) is 3.86. The first-order chi connectivity index (χ1) is 5.33. The van der Waals surface area contributed by atoms with Gasteiger partial charge in [-0.3, -0.25) is 0 Å². The van der Waals surface area contributed by atoms with Gasteiger partial charge in [-0.1, -0.05) is 6.92 Å². The van der Waals surface area contributed by atoms with Gasteiger partial charge in [-0.05, 0) is 30.7 Å². The van der Waals surface area contributed by atoms with Crippen molar-refractivity contribution < 1.29 is 5.11 Å². The van der Waals surface area contributed by atoms with Crippen molar-refractivity contribution in [1.29, 1.82) is 0 Å². The van der Waals surface area contributed by atoms with Crippen molar-refractivity contribution in [2.24, 2.45) is 0 Å². The molecule has 60 valence electrons. The number of hydrogen-bond acceptors (Lipinski definition) is 2. The van der Waals surface area contributed by atoms with E-state index >= 15 is 0 Å². The zero-order chi connectivity index (χ0) is 8.10. The second-order valence-electron chi connectivity index (χ2n) is 2.47. The summed E-state index contributed by atoms with van der Waals surface area (Å²) < 4.78 is 0. The van der Waals surface area contributed by atoms with Crippen LogP contribution < -0.4 is 5.32 Å². The Kier molecular flexibility index (Phi) is 2.78. The minimum atomic E-state index is 0.312. The van der Waals surface area contributed by atoms with Crippen LogP contribution in [0, 0.1) is 0 Å². The molecule has 1 aromatic carbocycles. The lowest BCUT2D eigenvalue weighted by molar-refractivity contribution is 0.475. The molecule has 0 fully saturated rings. The van der Waals surface area contributed by atoms with Gasteiger partial charge in [0, 0.05) is 12.2 Å². The van der Waals surface area contributed by atoms with Crippen molar-refractivity contribution >= 4 is 5.69 Å². The molecular formula is C9H13NO. The van der Waals surface area contributed by atoms with Gasteiger partial charge in [0.25, 0.3) is 0 Å². The van der Waals surface area contributed by atoms with Gasteiger partial charge in [0.05, 0.1) is 0 Å². The van der Waals surface area contributed by atoms with Crippen LogP contribution in [0.2, 0.25) is 0 Å². The number of nitrogens with one attached hydrogen (secondary N) is 1. The van der Waals surface area contributed by atoms with E-state index in [2.05, 4.69) is 12.2 Å². The van der Waals surface area contributed by atoms with E-state index in [1.165, 1.54) is 0 Å². The smallest absolute Gasteiger partial charge is 0.115 e. The van der Waals surface area contributed by atoms with E-state index in [4.69, 9.17) is 5.11 Å². The van der Waals surface area contributed by atoms with Crippen LogP contribution in [0.5, 0.6) is 5.75 Å². The molecule has 0 amide bonds. The molecule has 1 rings (SSSR count). The van der Waals surface area contributed by atoms with Crippen molar-refractivity contribution in [2.75, 3.05) is 11.9 Å². The van der Waals surface area contributed by atoms with Gasteiger partial charge in [0.1, 0.15) is 5.75 Å². The molecule has 0 aliphatic carbocycles. The SMILES string of the molecule is CCCNc1ccc(O)cc1. The summed E-state index contributed by atoms with van der Waals surface area (Å²) in [5, 5.41) is 12.2. The quantitative estimate of drug-likeness (QED) is 0.649. The molecule has 0 aliphatic rings. The predicted molar refractivity (Wildman–Crippen MR) is 46.9 cm³/mol. The fourth-order valence-electron chi connectivity index (χ4n) is 0.849. The van der Waals surface area contributed by atoms with Crippen LogP contribution in [-0.2, 0) is 0 Å². The van der Waals surface area contributed by atoms with Crippen molar-refractivity contribution in [3.8, 4) is 5.75 Å². The van der Waals surface area contributed by atoms with Crippen molar-refractivity contribution in [2.45, 2.75) is 13.3 Å². The average molecular weight is 151 g/mol. The van der Waals surface area contributed by atoms with Crippen LogP contribution in [0.15, 0.2) is 24.3 Å². The van der Waals surface area contributed by atoms with E-state index < -0.39 is 0 Å². The maximum Gasteiger partial charge on any atom is 0.115 e. The van der Waals surface area contributed by atoms with Crippen molar-refractivity contribution in [3.63, 3.8) is 0 Å². The Morgan fingerprint density at radius 2 is 1.91 bits per heavy atom. The lowest BCUT2D eigenvalue weighted by Crippen LogP contribution is -1.98. The Bertz CT molecular complexity index is 205. The normalized spacial score (nSPS) is 9.55. The Morgan fingerprint density at radius 3 is 2.45 bits per heavy atom. The highest BCUT2D eigenvalue weighted by Gasteiger charge is 1.89. The van der Waals surface area contributed by atoms with E-state index in [-0.39, 0.29) is 0 Å². The van der Waals surface area contributed by atoms with Crippen LogP contribution in [0.3, 0.4) is 0 Å². The van der Waals surface area contributed by atoms with E-state index in [0.29, 0.717) is 5.75 Å². The van der Waals surface area contributed by atoms with Gasteiger partial charge >= 0.3 is 0 Å².